The molecular weight excluding hydrogens is 187 g/mol. The predicted octanol–water partition coefficient (Wildman–Crippen LogP) is -1.63. The number of urea groups is 1. The molecule has 1 unspecified atom stereocenters. The molecule has 0 aromatic carbocycles. The number of hydrogen-bond acceptors (Lipinski definition) is 3. The zero-order chi connectivity index (χ0) is 9.35. The van der Waals surface area contributed by atoms with E-state index in [1.165, 1.54) is 0 Å². The zero-order valence-corrected chi connectivity index (χ0v) is 6.75. The van der Waals surface area contributed by atoms with Crippen molar-refractivity contribution >= 4 is 19.5 Å². The Balaban J connectivity index is 2.61. The lowest BCUT2D eigenvalue weighted by atomic mass is 10.3. The van der Waals surface area contributed by atoms with E-state index in [9.17, 15) is 14.2 Å². The monoisotopic (exact) mass is 194 g/mol. The van der Waals surface area contributed by atoms with Crippen molar-refractivity contribution in [2.45, 2.75) is 6.04 Å². The zero-order valence-electron chi connectivity index (χ0n) is 5.85. The van der Waals surface area contributed by atoms with Crippen molar-refractivity contribution in [3.8, 4) is 0 Å². The van der Waals surface area contributed by atoms with Gasteiger partial charge < -0.3 is 15.1 Å². The second-order valence-electron chi connectivity index (χ2n) is 2.36. The van der Waals surface area contributed by atoms with Crippen LogP contribution in [0.1, 0.15) is 0 Å². The Kier molecular flexibility index (Phi) is 2.18. The molecule has 8 heteroatoms. The van der Waals surface area contributed by atoms with Crippen molar-refractivity contribution in [2.75, 3.05) is 6.16 Å². The van der Waals surface area contributed by atoms with Gasteiger partial charge in [0.15, 0.2) is 0 Å². The SMILES string of the molecule is O=C1NC(=O)C(CP(=O)(O)O)N1. The molecule has 1 atom stereocenters. The number of imide groups is 1. The molecule has 1 fully saturated rings. The van der Waals surface area contributed by atoms with Crippen LogP contribution in [0.15, 0.2) is 0 Å². The number of rotatable bonds is 2. The van der Waals surface area contributed by atoms with Crippen LogP contribution < -0.4 is 10.6 Å². The molecule has 0 aliphatic carbocycles. The van der Waals surface area contributed by atoms with Crippen molar-refractivity contribution in [3.05, 3.63) is 0 Å². The maximum absolute atomic E-state index is 10.7. The first-order chi connectivity index (χ1) is 5.38. The fourth-order valence-corrected chi connectivity index (χ4v) is 1.56. The lowest BCUT2D eigenvalue weighted by Gasteiger charge is -2.07. The number of carbonyl (C=O) groups is 2. The van der Waals surface area contributed by atoms with Gasteiger partial charge in [-0.2, -0.15) is 0 Å². The summed E-state index contributed by atoms with van der Waals surface area (Å²) in [6.45, 7) is 0. The molecule has 3 amide bonds. The van der Waals surface area contributed by atoms with Crippen LogP contribution in [-0.2, 0) is 9.36 Å². The second-order valence-corrected chi connectivity index (χ2v) is 4.06. The van der Waals surface area contributed by atoms with Gasteiger partial charge in [-0.05, 0) is 0 Å². The van der Waals surface area contributed by atoms with Crippen LogP contribution in [0.2, 0.25) is 0 Å². The lowest BCUT2D eigenvalue weighted by Crippen LogP contribution is -2.32. The van der Waals surface area contributed by atoms with Crippen LogP contribution in [0.5, 0.6) is 0 Å². The maximum Gasteiger partial charge on any atom is 0.328 e. The third-order valence-corrected chi connectivity index (χ3v) is 2.12. The van der Waals surface area contributed by atoms with Crippen LogP contribution in [-0.4, -0.2) is 33.9 Å². The molecule has 4 N–H and O–H groups in total. The van der Waals surface area contributed by atoms with E-state index >= 15 is 0 Å². The van der Waals surface area contributed by atoms with E-state index in [1.54, 1.807) is 0 Å². The summed E-state index contributed by atoms with van der Waals surface area (Å²) >= 11 is 0. The van der Waals surface area contributed by atoms with E-state index in [0.717, 1.165) is 0 Å². The van der Waals surface area contributed by atoms with Crippen molar-refractivity contribution in [1.29, 1.82) is 0 Å². The number of carbonyl (C=O) groups excluding carboxylic acids is 2. The molecule has 12 heavy (non-hydrogen) atoms. The molecule has 1 rings (SSSR count). The van der Waals surface area contributed by atoms with Crippen LogP contribution in [0.3, 0.4) is 0 Å². The van der Waals surface area contributed by atoms with Gasteiger partial charge in [-0.25, -0.2) is 4.79 Å². The van der Waals surface area contributed by atoms with Gasteiger partial charge in [0.05, 0.1) is 6.16 Å². The van der Waals surface area contributed by atoms with Gasteiger partial charge in [0.2, 0.25) is 0 Å². The Morgan fingerprint density at radius 3 is 2.33 bits per heavy atom. The minimum Gasteiger partial charge on any atom is -0.325 e. The third-order valence-electron chi connectivity index (χ3n) is 1.28. The van der Waals surface area contributed by atoms with E-state index in [-0.39, 0.29) is 0 Å². The summed E-state index contributed by atoms with van der Waals surface area (Å²) in [5, 5.41) is 3.93. The van der Waals surface area contributed by atoms with E-state index in [4.69, 9.17) is 9.79 Å². The highest BCUT2D eigenvalue weighted by Gasteiger charge is 2.34. The van der Waals surface area contributed by atoms with Crippen LogP contribution in [0.4, 0.5) is 4.79 Å². The topological polar surface area (TPSA) is 116 Å². The number of hydrogen-bond donors (Lipinski definition) is 4. The van der Waals surface area contributed by atoms with E-state index in [1.807, 2.05) is 5.32 Å². The molecule has 0 bridgehead atoms. The summed E-state index contributed by atoms with van der Waals surface area (Å²) in [6.07, 6.45) is -0.662. The van der Waals surface area contributed by atoms with Gasteiger partial charge in [-0.1, -0.05) is 0 Å². The Hall–Kier alpha value is -0.910. The van der Waals surface area contributed by atoms with Crippen molar-refractivity contribution in [2.24, 2.45) is 0 Å². The molecule has 0 aromatic heterocycles. The van der Waals surface area contributed by atoms with E-state index < -0.39 is 31.7 Å². The summed E-state index contributed by atoms with van der Waals surface area (Å²) < 4.78 is 10.4. The third kappa shape index (κ3) is 2.30. The van der Waals surface area contributed by atoms with Gasteiger partial charge >= 0.3 is 13.6 Å². The summed E-state index contributed by atoms with van der Waals surface area (Å²) in [6, 6.07) is -1.84. The molecule has 7 nitrogen and oxygen atoms in total. The van der Waals surface area contributed by atoms with E-state index in [0.29, 0.717) is 0 Å². The quantitative estimate of drug-likeness (QED) is 0.311. The first-order valence-electron chi connectivity index (χ1n) is 3.04. The molecule has 0 saturated carbocycles. The highest BCUT2D eigenvalue weighted by Crippen LogP contribution is 2.35. The largest absolute Gasteiger partial charge is 0.328 e. The molecule has 0 radical (unpaired) electrons. The lowest BCUT2D eigenvalue weighted by molar-refractivity contribution is -0.119. The van der Waals surface area contributed by atoms with Crippen molar-refractivity contribution in [3.63, 3.8) is 0 Å². The molecule has 68 valence electrons. The van der Waals surface area contributed by atoms with Gasteiger partial charge in [0.25, 0.3) is 5.91 Å². The predicted molar refractivity (Wildman–Crippen MR) is 37.4 cm³/mol. The maximum atomic E-state index is 10.7. The average Bonchev–Trinajstić information content (AvgIpc) is 2.06. The minimum absolute atomic E-state index is 0.662. The molecule has 1 aliphatic heterocycles. The Bertz CT molecular complexity index is 271. The first kappa shape index (κ1) is 9.18. The summed E-state index contributed by atoms with van der Waals surface area (Å²) in [7, 11) is -4.25. The van der Waals surface area contributed by atoms with Crippen LogP contribution in [0.25, 0.3) is 0 Å². The normalized spacial score (nSPS) is 23.7. The smallest absolute Gasteiger partial charge is 0.325 e. The molecule has 0 aromatic rings. The minimum atomic E-state index is -4.25. The van der Waals surface area contributed by atoms with Gasteiger partial charge in [0.1, 0.15) is 6.04 Å². The summed E-state index contributed by atoms with van der Waals surface area (Å²) in [5.74, 6) is -0.705. The Morgan fingerprint density at radius 1 is 1.42 bits per heavy atom. The number of nitrogens with one attached hydrogen (secondary N) is 2. The first-order valence-corrected chi connectivity index (χ1v) is 4.84. The van der Waals surface area contributed by atoms with Crippen molar-refractivity contribution in [1.82, 2.24) is 10.6 Å². The molecule has 0 spiro atoms. The summed E-state index contributed by atoms with van der Waals surface area (Å²) in [4.78, 5) is 38.1. The fraction of sp³-hybridized carbons (Fsp3) is 0.500. The fourth-order valence-electron chi connectivity index (χ4n) is 0.825. The van der Waals surface area contributed by atoms with Crippen molar-refractivity contribution < 1.29 is 23.9 Å². The van der Waals surface area contributed by atoms with E-state index in [2.05, 4.69) is 5.32 Å². The second kappa shape index (κ2) is 2.85. The highest BCUT2D eigenvalue weighted by atomic mass is 31.2. The Labute approximate surface area is 67.3 Å². The Morgan fingerprint density at radius 2 is 2.00 bits per heavy atom. The van der Waals surface area contributed by atoms with Crippen LogP contribution in [0, 0.1) is 0 Å². The van der Waals surface area contributed by atoms with Gasteiger partial charge in [-0.3, -0.25) is 14.7 Å². The standard InChI is InChI=1S/C4H7N2O5P/c7-3-2(1-12(9,10)11)5-4(8)6-3/h2H,1H2,(H2,9,10,11)(H2,5,6,7,8). The van der Waals surface area contributed by atoms with Crippen LogP contribution >= 0.6 is 7.60 Å². The summed E-state index contributed by atoms with van der Waals surface area (Å²) in [5.41, 5.74) is 0. The molecule has 1 aliphatic rings. The highest BCUT2D eigenvalue weighted by molar-refractivity contribution is 7.51. The number of amides is 3. The average molecular weight is 194 g/mol. The molecule has 1 saturated heterocycles. The molecule has 1 heterocycles. The van der Waals surface area contributed by atoms with Gasteiger partial charge in [-0.15, -0.1) is 0 Å². The molecular formula is C4H7N2O5P. The van der Waals surface area contributed by atoms with Gasteiger partial charge in [0, 0.05) is 0 Å².